The van der Waals surface area contributed by atoms with E-state index in [0.29, 0.717) is 6.42 Å². The quantitative estimate of drug-likeness (QED) is 0.721. The number of ether oxygens (including phenoxy) is 2. The van der Waals surface area contributed by atoms with Gasteiger partial charge in [0.1, 0.15) is 12.2 Å². The van der Waals surface area contributed by atoms with Crippen molar-refractivity contribution in [1.29, 1.82) is 0 Å². The highest BCUT2D eigenvalue weighted by atomic mass is 16.6. The predicted octanol–water partition coefficient (Wildman–Crippen LogP) is 3.97. The van der Waals surface area contributed by atoms with Gasteiger partial charge >= 0.3 is 11.9 Å². The molecule has 0 amide bonds. The van der Waals surface area contributed by atoms with Crippen molar-refractivity contribution in [2.45, 2.75) is 79.9 Å². The molecule has 23 heavy (non-hydrogen) atoms. The molecule has 2 heterocycles. The van der Waals surface area contributed by atoms with E-state index in [1.54, 1.807) is 0 Å². The lowest BCUT2D eigenvalue weighted by molar-refractivity contribution is -0.168. The fourth-order valence-corrected chi connectivity index (χ4v) is 4.49. The summed E-state index contributed by atoms with van der Waals surface area (Å²) >= 11 is 0. The molecule has 0 aromatic carbocycles. The van der Waals surface area contributed by atoms with Crippen LogP contribution in [-0.4, -0.2) is 24.1 Å². The van der Waals surface area contributed by atoms with Gasteiger partial charge in [0, 0.05) is 5.92 Å². The Hall–Kier alpha value is -1.06. The molecule has 0 spiro atoms. The van der Waals surface area contributed by atoms with Gasteiger partial charge in [0.15, 0.2) is 0 Å². The smallest absolute Gasteiger partial charge is 0.310 e. The average Bonchev–Trinajstić information content (AvgIpc) is 2.54. The number of esters is 2. The third-order valence-electron chi connectivity index (χ3n) is 5.33. The zero-order valence-corrected chi connectivity index (χ0v) is 15.6. The maximum atomic E-state index is 12.9. The minimum atomic E-state index is -0.223. The molecule has 4 heteroatoms. The minimum absolute atomic E-state index is 0.0657. The number of fused-ring (bicyclic) bond motifs is 4. The maximum Gasteiger partial charge on any atom is 0.310 e. The van der Waals surface area contributed by atoms with Crippen molar-refractivity contribution >= 4 is 11.9 Å². The van der Waals surface area contributed by atoms with Crippen molar-refractivity contribution in [3.8, 4) is 0 Å². The second-order valence-corrected chi connectivity index (χ2v) is 9.48. The summed E-state index contributed by atoms with van der Waals surface area (Å²) < 4.78 is 11.5. The molecule has 4 unspecified atom stereocenters. The summed E-state index contributed by atoms with van der Waals surface area (Å²) in [5.74, 6) is -0.502. The summed E-state index contributed by atoms with van der Waals surface area (Å²) in [6.07, 6.45) is 2.00. The third-order valence-corrected chi connectivity index (χ3v) is 5.33. The van der Waals surface area contributed by atoms with Crippen LogP contribution in [0.3, 0.4) is 0 Å². The van der Waals surface area contributed by atoms with E-state index in [2.05, 4.69) is 41.5 Å². The molecule has 1 saturated carbocycles. The predicted molar refractivity (Wildman–Crippen MR) is 88.7 cm³/mol. The van der Waals surface area contributed by atoms with E-state index < -0.39 is 0 Å². The molecule has 4 atom stereocenters. The Morgan fingerprint density at radius 3 is 2.17 bits per heavy atom. The van der Waals surface area contributed by atoms with Crippen LogP contribution in [0.25, 0.3) is 0 Å². The Balaban J connectivity index is 2.17. The number of hydrogen-bond acceptors (Lipinski definition) is 4. The van der Waals surface area contributed by atoms with Crippen molar-refractivity contribution in [2.75, 3.05) is 0 Å². The summed E-state index contributed by atoms with van der Waals surface area (Å²) in [6, 6.07) is 0. The Labute approximate surface area is 140 Å². The molecule has 1 aliphatic carbocycles. The molecular formula is C19H32O4. The summed E-state index contributed by atoms with van der Waals surface area (Å²) in [4.78, 5) is 24.9. The molecule has 3 rings (SSSR count). The summed E-state index contributed by atoms with van der Waals surface area (Å²) in [6.45, 7) is 14.5. The molecule has 3 aliphatic rings. The molecule has 0 aromatic rings. The Morgan fingerprint density at radius 1 is 1.13 bits per heavy atom. The number of rotatable bonds is 2. The fraction of sp³-hybridized carbons (Fsp3) is 0.895. The van der Waals surface area contributed by atoms with Gasteiger partial charge in [-0.2, -0.15) is 0 Å². The highest BCUT2D eigenvalue weighted by Crippen LogP contribution is 2.43. The van der Waals surface area contributed by atoms with E-state index in [9.17, 15) is 9.59 Å². The van der Waals surface area contributed by atoms with Crippen LogP contribution >= 0.6 is 0 Å². The first-order chi connectivity index (χ1) is 10.4. The molecule has 0 aromatic heterocycles. The summed E-state index contributed by atoms with van der Waals surface area (Å²) in [5, 5.41) is 0. The van der Waals surface area contributed by atoms with Crippen molar-refractivity contribution in [3.05, 3.63) is 0 Å². The van der Waals surface area contributed by atoms with Gasteiger partial charge in [-0.05, 0) is 30.1 Å². The van der Waals surface area contributed by atoms with E-state index in [4.69, 9.17) is 9.47 Å². The number of carbonyl (C=O) groups is 2. The van der Waals surface area contributed by atoms with Gasteiger partial charge < -0.3 is 9.47 Å². The highest BCUT2D eigenvalue weighted by molar-refractivity contribution is 5.75. The first-order valence-electron chi connectivity index (χ1n) is 8.82. The van der Waals surface area contributed by atoms with Gasteiger partial charge in [-0.25, -0.2) is 0 Å². The van der Waals surface area contributed by atoms with Gasteiger partial charge in [-0.15, -0.1) is 0 Å². The zero-order valence-electron chi connectivity index (χ0n) is 15.6. The Morgan fingerprint density at radius 2 is 1.70 bits per heavy atom. The molecule has 0 radical (unpaired) electrons. The van der Waals surface area contributed by atoms with Gasteiger partial charge in [-0.3, -0.25) is 9.59 Å². The van der Waals surface area contributed by atoms with Crippen molar-refractivity contribution < 1.29 is 19.1 Å². The Kier molecular flexibility index (Phi) is 4.85. The topological polar surface area (TPSA) is 52.6 Å². The summed E-state index contributed by atoms with van der Waals surface area (Å²) in [7, 11) is 0. The fourth-order valence-electron chi connectivity index (χ4n) is 4.49. The van der Waals surface area contributed by atoms with E-state index in [0.717, 1.165) is 12.8 Å². The van der Waals surface area contributed by atoms with Crippen LogP contribution in [0.1, 0.15) is 67.7 Å². The first-order valence-corrected chi connectivity index (χ1v) is 8.82. The highest BCUT2D eigenvalue weighted by Gasteiger charge is 2.47. The molecule has 2 saturated heterocycles. The molecule has 2 aliphatic heterocycles. The van der Waals surface area contributed by atoms with Crippen molar-refractivity contribution in [1.82, 2.24) is 0 Å². The number of hydrogen-bond donors (Lipinski definition) is 0. The van der Waals surface area contributed by atoms with Crippen LogP contribution in [0.5, 0.6) is 0 Å². The zero-order chi connectivity index (χ0) is 17.6. The minimum Gasteiger partial charge on any atom is -0.462 e. The van der Waals surface area contributed by atoms with E-state index in [-0.39, 0.29) is 52.7 Å². The lowest BCUT2D eigenvalue weighted by Crippen LogP contribution is -2.42. The SMILES string of the molecule is CC1C2CCC(CC1OC(=O)C(C(C)(C)C)C(C)(C)C)C(=O)O2. The largest absolute Gasteiger partial charge is 0.462 e. The molecule has 4 nitrogen and oxygen atoms in total. The average molecular weight is 324 g/mol. The second kappa shape index (κ2) is 6.10. The molecule has 2 bridgehead atoms. The van der Waals surface area contributed by atoms with Gasteiger partial charge in [0.05, 0.1) is 11.8 Å². The first kappa shape index (κ1) is 18.3. The molecule has 0 N–H and O–H groups in total. The van der Waals surface area contributed by atoms with Gasteiger partial charge in [0.2, 0.25) is 0 Å². The van der Waals surface area contributed by atoms with Gasteiger partial charge in [0.25, 0.3) is 0 Å². The lowest BCUT2D eigenvalue weighted by Gasteiger charge is -2.39. The lowest BCUT2D eigenvalue weighted by atomic mass is 9.66. The standard InChI is InChI=1S/C19H32O4/c1-11-13-9-8-12(16(20)22-13)10-14(11)23-17(21)15(18(2,3)4)19(5,6)7/h11-15H,8-10H2,1-7H3. The van der Waals surface area contributed by atoms with Crippen LogP contribution in [0.15, 0.2) is 0 Å². The van der Waals surface area contributed by atoms with E-state index >= 15 is 0 Å². The third kappa shape index (κ3) is 3.89. The van der Waals surface area contributed by atoms with Crippen LogP contribution in [-0.2, 0) is 19.1 Å². The van der Waals surface area contributed by atoms with E-state index in [1.165, 1.54) is 0 Å². The number of carbonyl (C=O) groups excluding carboxylic acids is 2. The second-order valence-electron chi connectivity index (χ2n) is 9.48. The Bertz CT molecular complexity index is 455. The summed E-state index contributed by atoms with van der Waals surface area (Å²) in [5.41, 5.74) is -0.344. The molecule has 132 valence electrons. The van der Waals surface area contributed by atoms with Gasteiger partial charge in [-0.1, -0.05) is 48.5 Å². The van der Waals surface area contributed by atoms with Crippen molar-refractivity contribution in [2.24, 2.45) is 28.6 Å². The van der Waals surface area contributed by atoms with E-state index in [1.807, 2.05) is 6.92 Å². The molecular weight excluding hydrogens is 292 g/mol. The molecule has 3 fully saturated rings. The normalized spacial score (nSPS) is 31.7. The van der Waals surface area contributed by atoms with Crippen molar-refractivity contribution in [3.63, 3.8) is 0 Å². The monoisotopic (exact) mass is 324 g/mol. The van der Waals surface area contributed by atoms with Crippen LogP contribution in [0.2, 0.25) is 0 Å². The van der Waals surface area contributed by atoms with Crippen LogP contribution in [0, 0.1) is 28.6 Å². The maximum absolute atomic E-state index is 12.9. The van der Waals surface area contributed by atoms with Crippen LogP contribution < -0.4 is 0 Å². The van der Waals surface area contributed by atoms with Crippen LogP contribution in [0.4, 0.5) is 0 Å².